The summed E-state index contributed by atoms with van der Waals surface area (Å²) in [4.78, 5) is 0. The third kappa shape index (κ3) is 3.72. The Labute approximate surface area is 109 Å². The summed E-state index contributed by atoms with van der Waals surface area (Å²) >= 11 is 0. The summed E-state index contributed by atoms with van der Waals surface area (Å²) in [5.41, 5.74) is 1.26. The lowest BCUT2D eigenvalue weighted by Crippen LogP contribution is -2.27. The molecule has 1 N–H and O–H groups in total. The minimum Gasteiger partial charge on any atom is -0.497 e. The molecule has 100 valence electrons. The van der Waals surface area contributed by atoms with Crippen molar-refractivity contribution < 1.29 is 14.6 Å². The molecule has 2 rings (SSSR count). The molecule has 3 heteroatoms. The molecule has 0 spiro atoms. The van der Waals surface area contributed by atoms with Gasteiger partial charge >= 0.3 is 0 Å². The molecule has 1 aliphatic rings. The first-order chi connectivity index (χ1) is 8.79. The van der Waals surface area contributed by atoms with Crippen LogP contribution < -0.4 is 4.74 Å². The fraction of sp³-hybridized carbons (Fsp3) is 0.600. The first-order valence-corrected chi connectivity index (χ1v) is 6.72. The molecule has 0 bridgehead atoms. The molecule has 1 aromatic carbocycles. The number of ether oxygens (including phenoxy) is 2. The highest BCUT2D eigenvalue weighted by Gasteiger charge is 2.21. The average Bonchev–Trinajstić information content (AvgIpc) is 2.62. The smallest absolute Gasteiger partial charge is 0.118 e. The zero-order valence-electron chi connectivity index (χ0n) is 11.0. The Morgan fingerprint density at radius 2 is 2.06 bits per heavy atom. The Kier molecular flexibility index (Phi) is 5.02. The zero-order chi connectivity index (χ0) is 12.8. The Hall–Kier alpha value is -1.06. The van der Waals surface area contributed by atoms with Gasteiger partial charge in [-0.05, 0) is 49.8 Å². The van der Waals surface area contributed by atoms with Crippen LogP contribution in [0.1, 0.15) is 31.2 Å². The van der Waals surface area contributed by atoms with Crippen LogP contribution in [0, 0.1) is 0 Å². The maximum absolute atomic E-state index is 9.96. The van der Waals surface area contributed by atoms with Crippen LogP contribution in [0.15, 0.2) is 24.3 Å². The summed E-state index contributed by atoms with van der Waals surface area (Å²) in [5, 5.41) is 9.96. The van der Waals surface area contributed by atoms with Gasteiger partial charge in [0.05, 0.1) is 19.3 Å². The van der Waals surface area contributed by atoms with Crippen LogP contribution in [-0.2, 0) is 11.2 Å². The van der Waals surface area contributed by atoms with E-state index in [0.29, 0.717) is 0 Å². The molecule has 18 heavy (non-hydrogen) atoms. The van der Waals surface area contributed by atoms with E-state index in [4.69, 9.17) is 9.47 Å². The fourth-order valence-corrected chi connectivity index (χ4v) is 2.36. The van der Waals surface area contributed by atoms with E-state index in [9.17, 15) is 5.11 Å². The molecule has 0 unspecified atom stereocenters. The Morgan fingerprint density at radius 1 is 1.28 bits per heavy atom. The summed E-state index contributed by atoms with van der Waals surface area (Å²) in [5.74, 6) is 0.879. The molecule has 1 fully saturated rings. The van der Waals surface area contributed by atoms with Crippen molar-refractivity contribution in [2.45, 2.75) is 44.3 Å². The number of hydrogen-bond acceptors (Lipinski definition) is 3. The molecule has 0 aromatic heterocycles. The highest BCUT2D eigenvalue weighted by molar-refractivity contribution is 5.27. The molecule has 1 aromatic rings. The predicted molar refractivity (Wildman–Crippen MR) is 70.9 cm³/mol. The summed E-state index contributed by atoms with van der Waals surface area (Å²) in [6.07, 6.45) is 4.52. The number of benzene rings is 1. The molecule has 1 aliphatic heterocycles. The number of aliphatic hydroxyl groups excluding tert-OH is 1. The fourth-order valence-electron chi connectivity index (χ4n) is 2.36. The van der Waals surface area contributed by atoms with Gasteiger partial charge in [0.25, 0.3) is 0 Å². The molecular formula is C15H22O3. The molecule has 3 nitrogen and oxygen atoms in total. The van der Waals surface area contributed by atoms with Gasteiger partial charge in [0.1, 0.15) is 5.75 Å². The SMILES string of the molecule is COc1ccc(CC[C@H]2OCCCC[C@@H]2O)cc1. The lowest BCUT2D eigenvalue weighted by Gasteiger charge is -2.20. The van der Waals surface area contributed by atoms with E-state index < -0.39 is 0 Å². The molecular weight excluding hydrogens is 228 g/mol. The first-order valence-electron chi connectivity index (χ1n) is 6.72. The largest absolute Gasteiger partial charge is 0.497 e. The van der Waals surface area contributed by atoms with Crippen molar-refractivity contribution in [3.63, 3.8) is 0 Å². The van der Waals surface area contributed by atoms with Gasteiger partial charge in [-0.2, -0.15) is 0 Å². The Bertz CT molecular complexity index is 347. The normalized spacial score (nSPS) is 24.6. The molecule has 1 heterocycles. The molecule has 0 amide bonds. The van der Waals surface area contributed by atoms with Gasteiger partial charge < -0.3 is 14.6 Å². The van der Waals surface area contributed by atoms with Crippen molar-refractivity contribution in [1.82, 2.24) is 0 Å². The van der Waals surface area contributed by atoms with Crippen molar-refractivity contribution in [2.75, 3.05) is 13.7 Å². The van der Waals surface area contributed by atoms with E-state index in [-0.39, 0.29) is 12.2 Å². The monoisotopic (exact) mass is 250 g/mol. The predicted octanol–water partition coefficient (Wildman–Crippen LogP) is 2.56. The quantitative estimate of drug-likeness (QED) is 0.892. The highest BCUT2D eigenvalue weighted by Crippen LogP contribution is 2.19. The molecule has 0 saturated carbocycles. The van der Waals surface area contributed by atoms with Crippen molar-refractivity contribution in [1.29, 1.82) is 0 Å². The summed E-state index contributed by atoms with van der Waals surface area (Å²) in [6.45, 7) is 0.782. The Balaban J connectivity index is 1.85. The summed E-state index contributed by atoms with van der Waals surface area (Å²) < 4.78 is 10.8. The molecule has 0 aliphatic carbocycles. The van der Waals surface area contributed by atoms with E-state index in [1.807, 2.05) is 12.1 Å². The number of aryl methyl sites for hydroxylation is 1. The third-order valence-electron chi connectivity index (χ3n) is 3.53. The summed E-state index contributed by atoms with van der Waals surface area (Å²) in [6, 6.07) is 8.09. The van der Waals surface area contributed by atoms with Gasteiger partial charge in [0.2, 0.25) is 0 Å². The van der Waals surface area contributed by atoms with E-state index in [1.54, 1.807) is 7.11 Å². The molecule has 0 radical (unpaired) electrons. The standard InChI is InChI=1S/C15H22O3/c1-17-13-8-5-12(6-9-13)7-10-15-14(16)4-2-3-11-18-15/h5-6,8-9,14-16H,2-4,7,10-11H2,1H3/t14-,15+/m0/s1. The van der Waals surface area contributed by atoms with Crippen molar-refractivity contribution in [3.05, 3.63) is 29.8 Å². The van der Waals surface area contributed by atoms with E-state index in [0.717, 1.165) is 44.5 Å². The van der Waals surface area contributed by atoms with Crippen LogP contribution in [0.2, 0.25) is 0 Å². The third-order valence-corrected chi connectivity index (χ3v) is 3.53. The van der Waals surface area contributed by atoms with Crippen LogP contribution in [-0.4, -0.2) is 31.0 Å². The second-order valence-electron chi connectivity index (χ2n) is 4.86. The zero-order valence-corrected chi connectivity index (χ0v) is 11.0. The van der Waals surface area contributed by atoms with Crippen LogP contribution in [0.3, 0.4) is 0 Å². The topological polar surface area (TPSA) is 38.7 Å². The van der Waals surface area contributed by atoms with Crippen LogP contribution in [0.5, 0.6) is 5.75 Å². The van der Waals surface area contributed by atoms with Gasteiger partial charge in [-0.25, -0.2) is 0 Å². The van der Waals surface area contributed by atoms with E-state index in [1.165, 1.54) is 5.56 Å². The van der Waals surface area contributed by atoms with Gasteiger partial charge in [-0.1, -0.05) is 12.1 Å². The molecule has 2 atom stereocenters. The van der Waals surface area contributed by atoms with Crippen molar-refractivity contribution >= 4 is 0 Å². The molecule has 1 saturated heterocycles. The van der Waals surface area contributed by atoms with Crippen LogP contribution in [0.25, 0.3) is 0 Å². The minimum absolute atomic E-state index is 0.00500. The average molecular weight is 250 g/mol. The van der Waals surface area contributed by atoms with E-state index >= 15 is 0 Å². The second-order valence-corrected chi connectivity index (χ2v) is 4.86. The van der Waals surface area contributed by atoms with Crippen LogP contribution in [0.4, 0.5) is 0 Å². The number of aliphatic hydroxyl groups is 1. The van der Waals surface area contributed by atoms with E-state index in [2.05, 4.69) is 12.1 Å². The van der Waals surface area contributed by atoms with Crippen LogP contribution >= 0.6 is 0 Å². The second kappa shape index (κ2) is 6.76. The van der Waals surface area contributed by atoms with Gasteiger partial charge in [-0.3, -0.25) is 0 Å². The van der Waals surface area contributed by atoms with Crippen molar-refractivity contribution in [3.8, 4) is 5.75 Å². The lowest BCUT2D eigenvalue weighted by molar-refractivity contribution is -0.0290. The number of hydrogen-bond donors (Lipinski definition) is 1. The Morgan fingerprint density at radius 3 is 2.78 bits per heavy atom. The van der Waals surface area contributed by atoms with Crippen molar-refractivity contribution in [2.24, 2.45) is 0 Å². The lowest BCUT2D eigenvalue weighted by atomic mass is 10.0. The van der Waals surface area contributed by atoms with Gasteiger partial charge in [0.15, 0.2) is 0 Å². The summed E-state index contributed by atoms with van der Waals surface area (Å²) in [7, 11) is 1.67. The van der Waals surface area contributed by atoms with Gasteiger partial charge in [-0.15, -0.1) is 0 Å². The first kappa shape index (κ1) is 13.4. The number of rotatable bonds is 4. The number of methoxy groups -OCH3 is 1. The highest BCUT2D eigenvalue weighted by atomic mass is 16.5. The maximum Gasteiger partial charge on any atom is 0.118 e. The minimum atomic E-state index is -0.300. The maximum atomic E-state index is 9.96. The van der Waals surface area contributed by atoms with Gasteiger partial charge in [0, 0.05) is 6.61 Å².